The Labute approximate surface area is 329 Å². The van der Waals surface area contributed by atoms with Crippen molar-refractivity contribution in [3.05, 3.63) is 110 Å². The highest BCUT2D eigenvalue weighted by molar-refractivity contribution is 6.31. The van der Waals surface area contributed by atoms with Gasteiger partial charge in [-0.25, -0.2) is 0 Å². The minimum absolute atomic E-state index is 0.287. The minimum Gasteiger partial charge on any atom is -0.308 e. The van der Waals surface area contributed by atoms with Crippen LogP contribution >= 0.6 is 0 Å². The Kier molecular flexibility index (Phi) is 6.19. The zero-order valence-corrected chi connectivity index (χ0v) is 32.9. The third-order valence-corrected chi connectivity index (χ3v) is 16.7. The molecule has 6 aliphatic rings. The highest BCUT2D eigenvalue weighted by Gasteiger charge is 2.49. The van der Waals surface area contributed by atoms with Crippen molar-refractivity contribution in [1.29, 1.82) is 10.5 Å². The van der Waals surface area contributed by atoms with Crippen LogP contribution in [0.25, 0.3) is 60.3 Å². The second-order valence-corrected chi connectivity index (χ2v) is 19.3. The Bertz CT molecular complexity index is 3010. The monoisotopic (exact) mass is 725 g/mol. The number of fused-ring (bicyclic) bond motifs is 15. The fourth-order valence-electron chi connectivity index (χ4n) is 14.8. The van der Waals surface area contributed by atoms with E-state index in [0.717, 1.165) is 42.3 Å². The second-order valence-electron chi connectivity index (χ2n) is 19.3. The van der Waals surface area contributed by atoms with Crippen molar-refractivity contribution in [2.45, 2.75) is 115 Å². The summed E-state index contributed by atoms with van der Waals surface area (Å²) in [6.07, 6.45) is 14.6. The summed E-state index contributed by atoms with van der Waals surface area (Å²) >= 11 is 0. The SMILES string of the molecule is CC1CCCCC2c3c(c(C#N)cc4c3c3c5c6c(c7c8c9c(c(C#N)cc8n4c73)C(C)(C)c3ccccc3-9)CCc3cccc(c3-6)CC5)C1C1CCCCC21. The molecule has 2 aromatic heterocycles. The Hall–Kier alpha value is -5.12. The Morgan fingerprint density at radius 2 is 1.30 bits per heavy atom. The van der Waals surface area contributed by atoms with E-state index in [2.05, 4.69) is 91.9 Å². The van der Waals surface area contributed by atoms with Gasteiger partial charge in [0.15, 0.2) is 0 Å². The third-order valence-electron chi connectivity index (χ3n) is 16.7. The highest BCUT2D eigenvalue weighted by Crippen LogP contribution is 2.63. The fraction of sp³-hybridized carbons (Fsp3) is 0.396. The number of aryl methyl sites for hydroxylation is 4. The van der Waals surface area contributed by atoms with Crippen molar-refractivity contribution in [3.8, 4) is 34.4 Å². The summed E-state index contributed by atoms with van der Waals surface area (Å²) in [5.74, 6) is 2.89. The molecule has 5 aromatic carbocycles. The molecule has 3 heteroatoms. The molecular weight excluding hydrogens is 679 g/mol. The molecule has 13 rings (SSSR count). The molecule has 2 heterocycles. The lowest BCUT2D eigenvalue weighted by molar-refractivity contribution is 0.127. The lowest BCUT2D eigenvalue weighted by Crippen LogP contribution is -2.38. The smallest absolute Gasteiger partial charge is 0.0995 e. The van der Waals surface area contributed by atoms with Crippen molar-refractivity contribution < 1.29 is 0 Å². The van der Waals surface area contributed by atoms with E-state index in [1.54, 1.807) is 11.1 Å². The van der Waals surface area contributed by atoms with E-state index in [-0.39, 0.29) is 5.41 Å². The molecule has 0 spiro atoms. The van der Waals surface area contributed by atoms with Crippen LogP contribution in [0.2, 0.25) is 0 Å². The number of hydrogen-bond donors (Lipinski definition) is 0. The minimum atomic E-state index is -0.287. The van der Waals surface area contributed by atoms with E-state index < -0.39 is 0 Å². The summed E-state index contributed by atoms with van der Waals surface area (Å²) in [6.45, 7) is 7.16. The molecule has 274 valence electrons. The normalized spacial score (nSPS) is 25.2. The van der Waals surface area contributed by atoms with Gasteiger partial charge in [-0.2, -0.15) is 10.5 Å². The van der Waals surface area contributed by atoms with Crippen LogP contribution in [0, 0.1) is 40.4 Å². The quantitative estimate of drug-likeness (QED) is 0.156. The average Bonchev–Trinajstić information content (AvgIpc) is 3.85. The Morgan fingerprint density at radius 1 is 0.643 bits per heavy atom. The van der Waals surface area contributed by atoms with Gasteiger partial charge >= 0.3 is 0 Å². The van der Waals surface area contributed by atoms with Gasteiger partial charge in [0.2, 0.25) is 0 Å². The molecule has 0 aliphatic heterocycles. The van der Waals surface area contributed by atoms with E-state index in [4.69, 9.17) is 0 Å². The van der Waals surface area contributed by atoms with E-state index in [1.807, 2.05) is 0 Å². The first-order chi connectivity index (χ1) is 27.4. The maximum Gasteiger partial charge on any atom is 0.0995 e. The van der Waals surface area contributed by atoms with Crippen LogP contribution in [-0.2, 0) is 31.1 Å². The molecule has 1 fully saturated rings. The van der Waals surface area contributed by atoms with Crippen molar-refractivity contribution >= 4 is 38.1 Å². The number of nitrogens with zero attached hydrogens (tertiary/aromatic N) is 3. The van der Waals surface area contributed by atoms with Crippen LogP contribution in [0.3, 0.4) is 0 Å². The van der Waals surface area contributed by atoms with Gasteiger partial charge in [0.05, 0.1) is 39.8 Å². The van der Waals surface area contributed by atoms with Gasteiger partial charge in [0.1, 0.15) is 0 Å². The largest absolute Gasteiger partial charge is 0.308 e. The van der Waals surface area contributed by atoms with Crippen LogP contribution in [-0.4, -0.2) is 4.40 Å². The fourth-order valence-corrected chi connectivity index (χ4v) is 14.8. The molecule has 5 atom stereocenters. The molecule has 2 bridgehead atoms. The summed E-state index contributed by atoms with van der Waals surface area (Å²) in [5, 5.41) is 28.0. The molecule has 56 heavy (non-hydrogen) atoms. The first-order valence-corrected chi connectivity index (χ1v) is 21.9. The van der Waals surface area contributed by atoms with Gasteiger partial charge in [-0.15, -0.1) is 0 Å². The number of nitriles is 2. The first-order valence-electron chi connectivity index (χ1n) is 21.9. The summed E-state index contributed by atoms with van der Waals surface area (Å²) < 4.78 is 2.60. The lowest BCUT2D eigenvalue weighted by atomic mass is 9.55. The zero-order chi connectivity index (χ0) is 37.4. The maximum absolute atomic E-state index is 11.3. The molecule has 5 unspecified atom stereocenters. The maximum atomic E-state index is 11.3. The third kappa shape index (κ3) is 3.62. The number of benzene rings is 5. The second kappa shape index (κ2) is 10.8. The van der Waals surface area contributed by atoms with Crippen LogP contribution in [0.5, 0.6) is 0 Å². The number of rotatable bonds is 0. The van der Waals surface area contributed by atoms with Crippen LogP contribution < -0.4 is 0 Å². The van der Waals surface area contributed by atoms with Crippen LogP contribution in [0.4, 0.5) is 0 Å². The zero-order valence-electron chi connectivity index (χ0n) is 32.9. The van der Waals surface area contributed by atoms with Gasteiger partial charge < -0.3 is 4.40 Å². The van der Waals surface area contributed by atoms with Gasteiger partial charge in [-0.1, -0.05) is 95.3 Å². The Morgan fingerprint density at radius 3 is 2.07 bits per heavy atom. The van der Waals surface area contributed by atoms with E-state index in [1.165, 1.54) is 140 Å². The standard InChI is InChI=1S/C53H47N3/c1-27-11-4-5-16-34-32-14-6-7-15-33(32)41(27)43-30(25-54)23-39-49(45(34)43)47-36-21-19-28-12-10-13-29-20-22-37(44(36)42(28)29)48-50-40(56(39)52(47)48)24-31(26-55)51-46(50)35-17-8-9-18-38(35)53(51,2)3/h8-10,12-13,17-18,23-24,27,32-34,41H,4-7,11,14-16,19-22H2,1-3H3. The molecular formula is C53H47N3. The van der Waals surface area contributed by atoms with E-state index in [0.29, 0.717) is 29.6 Å². The van der Waals surface area contributed by atoms with Gasteiger partial charge in [-0.3, -0.25) is 0 Å². The van der Waals surface area contributed by atoms with Gasteiger partial charge in [0, 0.05) is 27.0 Å². The van der Waals surface area contributed by atoms with Crippen molar-refractivity contribution in [2.24, 2.45) is 17.8 Å². The summed E-state index contributed by atoms with van der Waals surface area (Å²) in [7, 11) is 0. The first kappa shape index (κ1) is 32.0. The van der Waals surface area contributed by atoms with Gasteiger partial charge in [-0.05, 0) is 153 Å². The molecule has 6 aliphatic carbocycles. The Balaban J connectivity index is 1.31. The van der Waals surface area contributed by atoms with Crippen molar-refractivity contribution in [1.82, 2.24) is 4.40 Å². The molecule has 7 aromatic rings. The number of hydrogen-bond acceptors (Lipinski definition) is 2. The topological polar surface area (TPSA) is 52.0 Å². The van der Waals surface area contributed by atoms with Crippen molar-refractivity contribution in [3.63, 3.8) is 0 Å². The summed E-state index contributed by atoms with van der Waals surface area (Å²) in [5.41, 5.74) is 22.4. The van der Waals surface area contributed by atoms with Crippen molar-refractivity contribution in [2.75, 3.05) is 0 Å². The number of aromatic nitrogens is 1. The molecule has 3 nitrogen and oxygen atoms in total. The van der Waals surface area contributed by atoms with E-state index >= 15 is 0 Å². The lowest BCUT2D eigenvalue weighted by Gasteiger charge is -2.49. The molecule has 0 radical (unpaired) electrons. The molecule has 1 saturated carbocycles. The van der Waals surface area contributed by atoms with Crippen LogP contribution in [0.15, 0.2) is 54.6 Å². The molecule has 0 N–H and O–H groups in total. The predicted octanol–water partition coefficient (Wildman–Crippen LogP) is 12.9. The van der Waals surface area contributed by atoms with E-state index in [9.17, 15) is 10.5 Å². The highest BCUT2D eigenvalue weighted by atomic mass is 14.9. The molecule has 0 amide bonds. The summed E-state index contributed by atoms with van der Waals surface area (Å²) in [6, 6.07) is 26.3. The van der Waals surface area contributed by atoms with Crippen LogP contribution in [0.1, 0.15) is 140 Å². The predicted molar refractivity (Wildman–Crippen MR) is 227 cm³/mol. The molecule has 0 saturated heterocycles. The summed E-state index contributed by atoms with van der Waals surface area (Å²) in [4.78, 5) is 0. The average molecular weight is 726 g/mol. The van der Waals surface area contributed by atoms with Gasteiger partial charge in [0.25, 0.3) is 0 Å².